The molecule has 158 valence electrons. The number of aromatic nitrogens is 2. The highest BCUT2D eigenvalue weighted by atomic mass is 32.2. The third kappa shape index (κ3) is 5.67. The lowest BCUT2D eigenvalue weighted by Crippen LogP contribution is -2.34. The van der Waals surface area contributed by atoms with Crippen LogP contribution in [0.4, 0.5) is 10.8 Å². The summed E-state index contributed by atoms with van der Waals surface area (Å²) in [4.78, 5) is 37.1. The van der Waals surface area contributed by atoms with Gasteiger partial charge in [0.2, 0.25) is 16.9 Å². The number of allylic oxidation sites excluding steroid dienone is 2. The van der Waals surface area contributed by atoms with Crippen LogP contribution in [0.3, 0.4) is 0 Å². The quantitative estimate of drug-likeness (QED) is 0.439. The number of nitrogens with zero attached hydrogens (tertiary/aromatic N) is 2. The summed E-state index contributed by atoms with van der Waals surface area (Å²) in [6.45, 7) is 3.62. The molecule has 2 amide bonds. The van der Waals surface area contributed by atoms with Crippen molar-refractivity contribution >= 4 is 51.7 Å². The summed E-state index contributed by atoms with van der Waals surface area (Å²) in [5.41, 5.74) is 0.587. The Balaban J connectivity index is 1.55. The van der Waals surface area contributed by atoms with Crippen molar-refractivity contribution in [1.29, 1.82) is 0 Å². The number of thioether (sulfide) groups is 1. The summed E-state index contributed by atoms with van der Waals surface area (Å²) in [6, 6.07) is 7.12. The van der Waals surface area contributed by atoms with Crippen LogP contribution in [0.15, 0.2) is 41.3 Å². The van der Waals surface area contributed by atoms with Gasteiger partial charge in [-0.2, -0.15) is 0 Å². The molecular formula is C20H22N4O4S2. The number of nitrogens with one attached hydrogen (secondary N) is 2. The van der Waals surface area contributed by atoms with Crippen LogP contribution in [-0.4, -0.2) is 38.3 Å². The second-order valence-electron chi connectivity index (χ2n) is 6.88. The van der Waals surface area contributed by atoms with Crippen LogP contribution in [-0.2, 0) is 14.4 Å². The minimum Gasteiger partial charge on any atom is -0.481 e. The van der Waals surface area contributed by atoms with Crippen LogP contribution in [0.1, 0.15) is 24.8 Å². The van der Waals surface area contributed by atoms with Crippen molar-refractivity contribution < 1.29 is 19.5 Å². The fraction of sp³-hybridized carbons (Fsp3) is 0.350. The highest BCUT2D eigenvalue weighted by Crippen LogP contribution is 2.29. The van der Waals surface area contributed by atoms with Gasteiger partial charge < -0.3 is 10.4 Å². The van der Waals surface area contributed by atoms with E-state index in [-0.39, 0.29) is 17.1 Å². The van der Waals surface area contributed by atoms with Gasteiger partial charge in [0.25, 0.3) is 0 Å². The zero-order valence-electron chi connectivity index (χ0n) is 16.5. The summed E-state index contributed by atoms with van der Waals surface area (Å²) in [7, 11) is 0. The Kier molecular flexibility index (Phi) is 7.22. The number of carboxylic acids is 1. The Morgan fingerprint density at radius 3 is 2.37 bits per heavy atom. The average Bonchev–Trinajstić information content (AvgIpc) is 3.13. The van der Waals surface area contributed by atoms with E-state index in [0.29, 0.717) is 23.7 Å². The predicted molar refractivity (Wildman–Crippen MR) is 117 cm³/mol. The van der Waals surface area contributed by atoms with Crippen molar-refractivity contribution in [2.24, 2.45) is 11.8 Å². The molecule has 0 fully saturated rings. The van der Waals surface area contributed by atoms with Crippen LogP contribution in [0.25, 0.3) is 0 Å². The molecule has 1 aromatic heterocycles. The molecule has 0 saturated heterocycles. The summed E-state index contributed by atoms with van der Waals surface area (Å²) >= 11 is 2.70. The number of benzene rings is 1. The first kappa shape index (κ1) is 22.0. The molecular weight excluding hydrogens is 424 g/mol. The Morgan fingerprint density at radius 1 is 1.10 bits per heavy atom. The number of aliphatic carboxylic acids is 1. The van der Waals surface area contributed by atoms with Gasteiger partial charge in [-0.3, -0.25) is 19.7 Å². The molecule has 30 heavy (non-hydrogen) atoms. The number of hydrogen-bond donors (Lipinski definition) is 3. The SMILES string of the molecule is Cc1nnc(NC(=O)[C@H](C)Sc2ccc(NC(=O)[C@H]3CC=CC[C@@H]3C(=O)O)cc2)s1. The molecule has 1 aromatic carbocycles. The van der Waals surface area contributed by atoms with Gasteiger partial charge >= 0.3 is 5.97 Å². The molecule has 3 N–H and O–H groups in total. The lowest BCUT2D eigenvalue weighted by Gasteiger charge is -2.24. The van der Waals surface area contributed by atoms with Crippen molar-refractivity contribution in [2.75, 3.05) is 10.6 Å². The zero-order chi connectivity index (χ0) is 21.7. The molecule has 0 unspecified atom stereocenters. The van der Waals surface area contributed by atoms with Gasteiger partial charge in [0, 0.05) is 10.6 Å². The maximum atomic E-state index is 12.5. The van der Waals surface area contributed by atoms with Crippen LogP contribution >= 0.6 is 23.1 Å². The first-order chi connectivity index (χ1) is 14.3. The van der Waals surface area contributed by atoms with Gasteiger partial charge in [0.05, 0.1) is 17.1 Å². The molecule has 1 aliphatic rings. The smallest absolute Gasteiger partial charge is 0.307 e. The van der Waals surface area contributed by atoms with Crippen molar-refractivity contribution in [1.82, 2.24) is 10.2 Å². The molecule has 0 saturated carbocycles. The Morgan fingerprint density at radius 2 is 1.77 bits per heavy atom. The van der Waals surface area contributed by atoms with Crippen LogP contribution in [0.2, 0.25) is 0 Å². The zero-order valence-corrected chi connectivity index (χ0v) is 18.1. The average molecular weight is 447 g/mol. The molecule has 0 bridgehead atoms. The van der Waals surface area contributed by atoms with E-state index in [0.717, 1.165) is 9.90 Å². The number of amides is 2. The summed E-state index contributed by atoms with van der Waals surface area (Å²) in [6.07, 6.45) is 4.42. The maximum Gasteiger partial charge on any atom is 0.307 e. The molecule has 1 heterocycles. The summed E-state index contributed by atoms with van der Waals surface area (Å²) < 4.78 is 0. The molecule has 1 aliphatic carbocycles. The number of carboxylic acid groups (broad SMARTS) is 1. The summed E-state index contributed by atoms with van der Waals surface area (Å²) in [5.74, 6) is -2.72. The molecule has 0 spiro atoms. The van der Waals surface area contributed by atoms with Gasteiger partial charge in [-0.25, -0.2) is 0 Å². The first-order valence-electron chi connectivity index (χ1n) is 9.40. The van der Waals surface area contributed by atoms with E-state index in [2.05, 4.69) is 20.8 Å². The molecule has 10 heteroatoms. The minimum atomic E-state index is -0.956. The molecule has 8 nitrogen and oxygen atoms in total. The largest absolute Gasteiger partial charge is 0.481 e. The topological polar surface area (TPSA) is 121 Å². The summed E-state index contributed by atoms with van der Waals surface area (Å²) in [5, 5.41) is 23.5. The highest BCUT2D eigenvalue weighted by Gasteiger charge is 2.33. The van der Waals surface area contributed by atoms with E-state index in [4.69, 9.17) is 0 Å². The van der Waals surface area contributed by atoms with Crippen LogP contribution in [0, 0.1) is 18.8 Å². The Labute approximate surface area is 182 Å². The van der Waals surface area contributed by atoms with Gasteiger partial charge in [-0.05, 0) is 51.0 Å². The second-order valence-corrected chi connectivity index (χ2v) is 9.48. The number of anilines is 2. The molecule has 3 rings (SSSR count). The van der Waals surface area contributed by atoms with E-state index in [9.17, 15) is 19.5 Å². The fourth-order valence-corrected chi connectivity index (χ4v) is 4.50. The van der Waals surface area contributed by atoms with E-state index >= 15 is 0 Å². The van der Waals surface area contributed by atoms with E-state index in [1.165, 1.54) is 23.1 Å². The third-order valence-corrected chi connectivity index (χ3v) is 6.51. The number of carbonyl (C=O) groups is 3. The minimum absolute atomic E-state index is 0.168. The van der Waals surface area contributed by atoms with Crippen molar-refractivity contribution in [3.63, 3.8) is 0 Å². The third-order valence-electron chi connectivity index (χ3n) is 4.65. The van der Waals surface area contributed by atoms with Crippen molar-refractivity contribution in [3.05, 3.63) is 41.4 Å². The molecule has 2 aromatic rings. The molecule has 0 radical (unpaired) electrons. The van der Waals surface area contributed by atoms with Gasteiger partial charge in [-0.1, -0.05) is 23.5 Å². The van der Waals surface area contributed by atoms with Gasteiger partial charge in [0.1, 0.15) is 5.01 Å². The number of hydrogen-bond acceptors (Lipinski definition) is 7. The number of aryl methyl sites for hydroxylation is 1. The Hall–Kier alpha value is -2.72. The normalized spacial score (nSPS) is 19.1. The lowest BCUT2D eigenvalue weighted by molar-refractivity contribution is -0.146. The Bertz CT molecular complexity index is 958. The predicted octanol–water partition coefficient (Wildman–Crippen LogP) is 3.57. The van der Waals surface area contributed by atoms with Crippen molar-refractivity contribution in [3.8, 4) is 0 Å². The number of carbonyl (C=O) groups excluding carboxylic acids is 2. The maximum absolute atomic E-state index is 12.5. The molecule has 0 aliphatic heterocycles. The van der Waals surface area contributed by atoms with Crippen LogP contribution < -0.4 is 10.6 Å². The highest BCUT2D eigenvalue weighted by molar-refractivity contribution is 8.00. The van der Waals surface area contributed by atoms with E-state index in [1.54, 1.807) is 25.1 Å². The van der Waals surface area contributed by atoms with Crippen LogP contribution in [0.5, 0.6) is 0 Å². The van der Waals surface area contributed by atoms with Gasteiger partial charge in [0.15, 0.2) is 0 Å². The van der Waals surface area contributed by atoms with Crippen molar-refractivity contribution in [2.45, 2.75) is 36.8 Å². The van der Waals surface area contributed by atoms with E-state index in [1.807, 2.05) is 25.1 Å². The molecule has 3 atom stereocenters. The lowest BCUT2D eigenvalue weighted by atomic mass is 9.82. The first-order valence-corrected chi connectivity index (χ1v) is 11.1. The standard InChI is InChI=1S/C20H22N4O4S2/c1-11(17(25)22-20-24-23-12(2)30-20)29-14-9-7-13(8-10-14)21-18(26)15-5-3-4-6-16(15)19(27)28/h3-4,7-11,15-16H,5-6H2,1-2H3,(H,21,26)(H,27,28)(H,22,24,25)/t11-,15-,16-/m0/s1. The second kappa shape index (κ2) is 9.86. The van der Waals surface area contributed by atoms with E-state index < -0.39 is 17.8 Å². The van der Waals surface area contributed by atoms with Gasteiger partial charge in [-0.15, -0.1) is 22.0 Å². The number of rotatable bonds is 7. The monoisotopic (exact) mass is 446 g/mol. The fourth-order valence-electron chi connectivity index (χ4n) is 3.04.